The SMILES string of the molecule is c1ccc([C@H](Cn2cncn2)Nc2ncnc3sccc23)cc1. The van der Waals surface area contributed by atoms with E-state index in [1.165, 1.54) is 5.56 Å². The molecule has 1 atom stereocenters. The highest BCUT2D eigenvalue weighted by molar-refractivity contribution is 7.16. The van der Waals surface area contributed by atoms with Gasteiger partial charge in [-0.25, -0.2) is 15.0 Å². The van der Waals surface area contributed by atoms with Gasteiger partial charge in [0.15, 0.2) is 0 Å². The van der Waals surface area contributed by atoms with Crippen molar-refractivity contribution in [2.45, 2.75) is 12.6 Å². The molecule has 0 aliphatic carbocycles. The average Bonchev–Trinajstić information content (AvgIpc) is 3.27. The van der Waals surface area contributed by atoms with Crippen LogP contribution in [0.3, 0.4) is 0 Å². The number of benzene rings is 1. The van der Waals surface area contributed by atoms with Crippen LogP contribution in [0.25, 0.3) is 10.2 Å². The monoisotopic (exact) mass is 322 g/mol. The molecular weight excluding hydrogens is 308 g/mol. The van der Waals surface area contributed by atoms with Crippen LogP contribution in [0.2, 0.25) is 0 Å². The Morgan fingerprint density at radius 1 is 1.09 bits per heavy atom. The average molecular weight is 322 g/mol. The lowest BCUT2D eigenvalue weighted by Gasteiger charge is -2.20. The van der Waals surface area contributed by atoms with Crippen LogP contribution in [0.1, 0.15) is 11.6 Å². The van der Waals surface area contributed by atoms with Crippen LogP contribution in [0.15, 0.2) is 60.8 Å². The van der Waals surface area contributed by atoms with Gasteiger partial charge in [-0.15, -0.1) is 11.3 Å². The molecule has 1 N–H and O–H groups in total. The molecular formula is C16H14N6S. The van der Waals surface area contributed by atoms with Gasteiger partial charge in [-0.1, -0.05) is 30.3 Å². The van der Waals surface area contributed by atoms with Crippen LogP contribution in [-0.4, -0.2) is 24.7 Å². The summed E-state index contributed by atoms with van der Waals surface area (Å²) in [6, 6.07) is 12.4. The molecule has 0 bridgehead atoms. The van der Waals surface area contributed by atoms with Gasteiger partial charge in [0.05, 0.1) is 18.0 Å². The van der Waals surface area contributed by atoms with Crippen LogP contribution < -0.4 is 5.32 Å². The molecule has 0 spiro atoms. The zero-order valence-corrected chi connectivity index (χ0v) is 13.0. The summed E-state index contributed by atoms with van der Waals surface area (Å²) in [5.41, 5.74) is 1.17. The third-order valence-corrected chi connectivity index (χ3v) is 4.43. The van der Waals surface area contributed by atoms with Gasteiger partial charge in [0.2, 0.25) is 0 Å². The van der Waals surface area contributed by atoms with E-state index in [9.17, 15) is 0 Å². The summed E-state index contributed by atoms with van der Waals surface area (Å²) in [5.74, 6) is 0.838. The second-order valence-electron chi connectivity index (χ2n) is 5.09. The molecule has 7 heteroatoms. The number of nitrogens with one attached hydrogen (secondary N) is 1. The molecule has 0 aliphatic heterocycles. The van der Waals surface area contributed by atoms with Gasteiger partial charge in [-0.2, -0.15) is 5.10 Å². The molecule has 1 aromatic carbocycles. The number of nitrogens with zero attached hydrogens (tertiary/aromatic N) is 5. The van der Waals surface area contributed by atoms with Crippen molar-refractivity contribution in [3.8, 4) is 0 Å². The zero-order valence-electron chi connectivity index (χ0n) is 12.2. The van der Waals surface area contributed by atoms with E-state index in [-0.39, 0.29) is 6.04 Å². The molecule has 6 nitrogen and oxygen atoms in total. The molecule has 4 rings (SSSR count). The number of anilines is 1. The van der Waals surface area contributed by atoms with Crippen LogP contribution in [0.5, 0.6) is 0 Å². The second kappa shape index (κ2) is 6.13. The largest absolute Gasteiger partial charge is 0.361 e. The fourth-order valence-corrected chi connectivity index (χ4v) is 3.24. The van der Waals surface area contributed by atoms with E-state index in [0.717, 1.165) is 16.0 Å². The van der Waals surface area contributed by atoms with E-state index >= 15 is 0 Å². The molecule has 3 aromatic heterocycles. The van der Waals surface area contributed by atoms with Gasteiger partial charge < -0.3 is 5.32 Å². The van der Waals surface area contributed by atoms with Crippen molar-refractivity contribution < 1.29 is 0 Å². The van der Waals surface area contributed by atoms with Gasteiger partial charge in [0, 0.05) is 0 Å². The first-order chi connectivity index (χ1) is 11.4. The van der Waals surface area contributed by atoms with E-state index in [2.05, 4.69) is 37.5 Å². The predicted octanol–water partition coefficient (Wildman–Crippen LogP) is 3.14. The lowest BCUT2D eigenvalue weighted by molar-refractivity contribution is 0.549. The van der Waals surface area contributed by atoms with Crippen molar-refractivity contribution in [1.29, 1.82) is 0 Å². The topological polar surface area (TPSA) is 68.5 Å². The van der Waals surface area contributed by atoms with Crippen LogP contribution in [-0.2, 0) is 6.54 Å². The first kappa shape index (κ1) is 13.8. The maximum atomic E-state index is 4.41. The Bertz CT molecular complexity index is 887. The highest BCUT2D eigenvalue weighted by Crippen LogP contribution is 2.27. The van der Waals surface area contributed by atoms with Crippen molar-refractivity contribution in [3.63, 3.8) is 0 Å². The van der Waals surface area contributed by atoms with Gasteiger partial charge in [0.25, 0.3) is 0 Å². The van der Waals surface area contributed by atoms with Crippen molar-refractivity contribution in [2.75, 3.05) is 5.32 Å². The van der Waals surface area contributed by atoms with Gasteiger partial charge in [-0.05, 0) is 17.0 Å². The van der Waals surface area contributed by atoms with Gasteiger partial charge >= 0.3 is 0 Å². The Kier molecular flexibility index (Phi) is 3.69. The lowest BCUT2D eigenvalue weighted by atomic mass is 10.1. The molecule has 114 valence electrons. The number of aromatic nitrogens is 5. The van der Waals surface area contributed by atoms with E-state index in [0.29, 0.717) is 6.54 Å². The molecule has 0 radical (unpaired) electrons. The summed E-state index contributed by atoms with van der Waals surface area (Å²) in [4.78, 5) is 13.7. The van der Waals surface area contributed by atoms with Crippen molar-refractivity contribution >= 4 is 27.4 Å². The normalized spacial score (nSPS) is 12.3. The van der Waals surface area contributed by atoms with Crippen LogP contribution in [0.4, 0.5) is 5.82 Å². The maximum absolute atomic E-state index is 4.41. The van der Waals surface area contributed by atoms with Crippen LogP contribution >= 0.6 is 11.3 Å². The van der Waals surface area contributed by atoms with Crippen molar-refractivity contribution in [1.82, 2.24) is 24.7 Å². The van der Waals surface area contributed by atoms with Gasteiger partial charge in [0.1, 0.15) is 29.6 Å². The minimum Gasteiger partial charge on any atom is -0.361 e. The molecule has 0 saturated heterocycles. The van der Waals surface area contributed by atoms with E-state index < -0.39 is 0 Å². The first-order valence-corrected chi connectivity index (χ1v) is 8.10. The highest BCUT2D eigenvalue weighted by atomic mass is 32.1. The summed E-state index contributed by atoms with van der Waals surface area (Å²) >= 11 is 1.61. The van der Waals surface area contributed by atoms with Crippen LogP contribution in [0, 0.1) is 0 Å². The molecule has 0 aliphatic rings. The Hall–Kier alpha value is -2.80. The Labute approximate surface area is 136 Å². The molecule has 0 unspecified atom stereocenters. The molecule has 23 heavy (non-hydrogen) atoms. The minimum absolute atomic E-state index is 0.0379. The third kappa shape index (κ3) is 2.91. The fraction of sp³-hybridized carbons (Fsp3) is 0.125. The number of fused-ring (bicyclic) bond motifs is 1. The second-order valence-corrected chi connectivity index (χ2v) is 5.98. The number of hydrogen-bond acceptors (Lipinski definition) is 6. The Balaban J connectivity index is 1.69. The van der Waals surface area contributed by atoms with E-state index in [1.807, 2.05) is 34.3 Å². The number of thiophene rings is 1. The standard InChI is InChI=1S/C16H14N6S/c1-2-4-12(5-3-1)14(8-22-11-17-9-20-22)21-15-13-6-7-23-16(13)19-10-18-15/h1-7,9-11,14H,8H2,(H,18,19,21)/t14-/m0/s1. The molecule has 0 fully saturated rings. The van der Waals surface area contributed by atoms with Crippen molar-refractivity contribution in [2.24, 2.45) is 0 Å². The Morgan fingerprint density at radius 3 is 2.83 bits per heavy atom. The van der Waals surface area contributed by atoms with Crippen molar-refractivity contribution in [3.05, 3.63) is 66.3 Å². The molecule has 4 aromatic rings. The third-order valence-electron chi connectivity index (χ3n) is 3.61. The smallest absolute Gasteiger partial charge is 0.138 e. The summed E-state index contributed by atoms with van der Waals surface area (Å²) in [5, 5.41) is 10.8. The molecule has 3 heterocycles. The minimum atomic E-state index is 0.0379. The summed E-state index contributed by atoms with van der Waals surface area (Å²) in [6.07, 6.45) is 4.86. The lowest BCUT2D eigenvalue weighted by Crippen LogP contribution is -2.18. The zero-order chi connectivity index (χ0) is 15.5. The van der Waals surface area contributed by atoms with Gasteiger partial charge in [-0.3, -0.25) is 4.68 Å². The molecule has 0 amide bonds. The van der Waals surface area contributed by atoms with E-state index in [4.69, 9.17) is 0 Å². The fourth-order valence-electron chi connectivity index (χ4n) is 2.50. The van der Waals surface area contributed by atoms with E-state index in [1.54, 1.807) is 30.3 Å². The summed E-state index contributed by atoms with van der Waals surface area (Å²) < 4.78 is 1.82. The molecule has 0 saturated carbocycles. The summed E-state index contributed by atoms with van der Waals surface area (Å²) in [6.45, 7) is 0.666. The number of hydrogen-bond donors (Lipinski definition) is 1. The highest BCUT2D eigenvalue weighted by Gasteiger charge is 2.15. The number of rotatable bonds is 5. The summed E-state index contributed by atoms with van der Waals surface area (Å²) in [7, 11) is 0. The quantitative estimate of drug-likeness (QED) is 0.611. The Morgan fingerprint density at radius 2 is 2.00 bits per heavy atom. The maximum Gasteiger partial charge on any atom is 0.138 e. The first-order valence-electron chi connectivity index (χ1n) is 7.22. The predicted molar refractivity (Wildman–Crippen MR) is 90.2 cm³/mol.